The second-order valence-corrected chi connectivity index (χ2v) is 10.7. The van der Waals surface area contributed by atoms with Crippen LogP contribution >= 0.6 is 0 Å². The van der Waals surface area contributed by atoms with E-state index in [0.29, 0.717) is 18.6 Å². The Labute approximate surface area is 222 Å². The van der Waals surface area contributed by atoms with Gasteiger partial charge in [-0.25, -0.2) is 4.99 Å². The lowest BCUT2D eigenvalue weighted by atomic mass is 9.65. The topological polar surface area (TPSA) is 44.9 Å². The quantitative estimate of drug-likeness (QED) is 0.170. The zero-order valence-electron chi connectivity index (χ0n) is 24.1. The van der Waals surface area contributed by atoms with Crippen LogP contribution in [0.1, 0.15) is 67.7 Å². The molecule has 0 saturated carbocycles. The number of rotatable bonds is 9. The first kappa shape index (κ1) is 30.1. The van der Waals surface area contributed by atoms with E-state index in [2.05, 4.69) is 96.9 Å². The standard InChI is InChI=1S/C31H50BN4/c1-10-23(4)29(21-33)19-25(6)24(5)14-15-30(22(2)3)31(36-18-16-32-20-27(36)8)34-28(9)35-17-12-11-13-26(35)7/h10,14-15,19,26-28H,1-2,11-13,16-18,20-21,33H2,3-9H3/b24-14+,25-19+,29-23+,30-15+,34-31?/t26?,27-,28?/m0/s1. The van der Waals surface area contributed by atoms with Crippen LogP contribution < -0.4 is 5.73 Å². The van der Waals surface area contributed by atoms with Gasteiger partial charge in [0.25, 0.3) is 0 Å². The molecule has 0 aromatic carbocycles. The zero-order chi connectivity index (χ0) is 26.8. The lowest BCUT2D eigenvalue weighted by Gasteiger charge is -2.40. The molecule has 1 radical (unpaired) electrons. The van der Waals surface area contributed by atoms with Crippen molar-refractivity contribution in [3.63, 3.8) is 0 Å². The maximum atomic E-state index is 5.99. The predicted molar refractivity (Wildman–Crippen MR) is 161 cm³/mol. The van der Waals surface area contributed by atoms with Gasteiger partial charge in [-0.1, -0.05) is 56.5 Å². The van der Waals surface area contributed by atoms with Crippen LogP contribution in [0.5, 0.6) is 0 Å². The Morgan fingerprint density at radius 1 is 1.08 bits per heavy atom. The van der Waals surface area contributed by atoms with Crippen molar-refractivity contribution < 1.29 is 0 Å². The number of nitrogens with two attached hydrogens (primary N) is 1. The maximum absolute atomic E-state index is 5.99. The molecule has 2 aliphatic rings. The van der Waals surface area contributed by atoms with Gasteiger partial charge in [0.2, 0.25) is 0 Å². The average Bonchev–Trinajstić information content (AvgIpc) is 2.86. The van der Waals surface area contributed by atoms with E-state index in [9.17, 15) is 0 Å². The molecule has 5 heteroatoms. The molecule has 197 valence electrons. The van der Waals surface area contributed by atoms with Crippen LogP contribution in [0.25, 0.3) is 0 Å². The van der Waals surface area contributed by atoms with Crippen LogP contribution in [0.2, 0.25) is 12.6 Å². The Morgan fingerprint density at radius 2 is 1.81 bits per heavy atom. The lowest BCUT2D eigenvalue weighted by Crippen LogP contribution is -2.47. The number of amidine groups is 1. The maximum Gasteiger partial charge on any atom is 0.133 e. The molecule has 2 N–H and O–H groups in total. The number of allylic oxidation sites excluding steroid dienone is 6. The molecule has 3 atom stereocenters. The minimum Gasteiger partial charge on any atom is -0.355 e. The highest BCUT2D eigenvalue weighted by Crippen LogP contribution is 2.25. The monoisotopic (exact) mass is 489 g/mol. The normalized spacial score (nSPS) is 24.7. The fraction of sp³-hybridized carbons (Fsp3) is 0.581. The van der Waals surface area contributed by atoms with Crippen molar-refractivity contribution >= 4 is 13.1 Å². The minimum atomic E-state index is 0.141. The summed E-state index contributed by atoms with van der Waals surface area (Å²) in [5.74, 6) is 1.09. The smallest absolute Gasteiger partial charge is 0.133 e. The molecule has 0 aromatic heterocycles. The molecule has 2 fully saturated rings. The van der Waals surface area contributed by atoms with Crippen LogP contribution in [-0.2, 0) is 0 Å². The molecule has 2 rings (SSSR count). The summed E-state index contributed by atoms with van der Waals surface area (Å²) in [7, 11) is 2.41. The third-order valence-electron chi connectivity index (χ3n) is 7.78. The second kappa shape index (κ2) is 14.6. The highest BCUT2D eigenvalue weighted by molar-refractivity contribution is 6.36. The van der Waals surface area contributed by atoms with Crippen LogP contribution in [0.4, 0.5) is 0 Å². The number of hydrogen-bond acceptors (Lipinski definition) is 3. The molecule has 0 bridgehead atoms. The SMILES string of the molecule is C=C\C(C)=C(/C=C(C)/C(C)=C/C=C(\C(=C)C)C(=NC(C)N1CCCCC1C)N1CC[B]C[C@@H]1C)CN. The van der Waals surface area contributed by atoms with Crippen molar-refractivity contribution in [2.75, 3.05) is 19.6 Å². The Kier molecular flexibility index (Phi) is 12.2. The van der Waals surface area contributed by atoms with Crippen molar-refractivity contribution in [2.24, 2.45) is 10.7 Å². The van der Waals surface area contributed by atoms with E-state index >= 15 is 0 Å². The van der Waals surface area contributed by atoms with Gasteiger partial charge in [0.1, 0.15) is 19.3 Å². The number of aliphatic imine (C=N–C) groups is 1. The first-order chi connectivity index (χ1) is 17.1. The summed E-state index contributed by atoms with van der Waals surface area (Å²) in [6.07, 6.45) is 14.6. The van der Waals surface area contributed by atoms with E-state index < -0.39 is 0 Å². The average molecular weight is 490 g/mol. The van der Waals surface area contributed by atoms with Crippen LogP contribution in [0.15, 0.2) is 75.9 Å². The van der Waals surface area contributed by atoms with E-state index in [-0.39, 0.29) is 6.17 Å². The minimum absolute atomic E-state index is 0.141. The second-order valence-electron chi connectivity index (χ2n) is 10.7. The highest BCUT2D eigenvalue weighted by atomic mass is 15.3. The van der Waals surface area contributed by atoms with E-state index in [1.54, 1.807) is 0 Å². The fourth-order valence-corrected chi connectivity index (χ4v) is 5.06. The molecule has 2 aliphatic heterocycles. The van der Waals surface area contributed by atoms with Crippen molar-refractivity contribution in [2.45, 2.75) is 98.6 Å². The van der Waals surface area contributed by atoms with E-state index in [1.807, 2.05) is 6.08 Å². The molecule has 0 aliphatic carbocycles. The van der Waals surface area contributed by atoms with Crippen molar-refractivity contribution in [3.05, 3.63) is 70.9 Å². The van der Waals surface area contributed by atoms with Crippen LogP contribution in [-0.4, -0.2) is 60.8 Å². The largest absolute Gasteiger partial charge is 0.355 e. The van der Waals surface area contributed by atoms with Gasteiger partial charge in [0.05, 0.1) is 0 Å². The fourth-order valence-electron chi connectivity index (χ4n) is 5.06. The number of nitrogens with zero attached hydrogens (tertiary/aromatic N) is 3. The molecular formula is C31H50BN4. The van der Waals surface area contributed by atoms with Gasteiger partial charge in [-0.3, -0.25) is 4.90 Å². The summed E-state index contributed by atoms with van der Waals surface area (Å²) in [5, 5.41) is 0. The number of likely N-dealkylation sites (tertiary alicyclic amines) is 1. The van der Waals surface area contributed by atoms with Crippen LogP contribution in [0.3, 0.4) is 0 Å². The number of hydrogen-bond donors (Lipinski definition) is 1. The first-order valence-electron chi connectivity index (χ1n) is 13.8. The summed E-state index contributed by atoms with van der Waals surface area (Å²) in [5.41, 5.74) is 12.8. The molecular weight excluding hydrogens is 439 g/mol. The van der Waals surface area contributed by atoms with Gasteiger partial charge in [0, 0.05) is 37.3 Å². The Hall–Kier alpha value is -2.11. The highest BCUT2D eigenvalue weighted by Gasteiger charge is 2.28. The van der Waals surface area contributed by atoms with Gasteiger partial charge in [-0.2, -0.15) is 0 Å². The molecule has 4 nitrogen and oxygen atoms in total. The number of piperidine rings is 1. The van der Waals surface area contributed by atoms with Gasteiger partial charge in [0.15, 0.2) is 0 Å². The summed E-state index contributed by atoms with van der Waals surface area (Å²) in [6, 6.07) is 0.999. The molecule has 36 heavy (non-hydrogen) atoms. The van der Waals surface area contributed by atoms with Gasteiger partial charge in [-0.05, 0) is 89.2 Å². The van der Waals surface area contributed by atoms with Gasteiger partial charge < -0.3 is 10.6 Å². The molecule has 2 heterocycles. The third-order valence-corrected chi connectivity index (χ3v) is 7.78. The first-order valence-corrected chi connectivity index (χ1v) is 13.8. The summed E-state index contributed by atoms with van der Waals surface area (Å²) in [4.78, 5) is 10.5. The summed E-state index contributed by atoms with van der Waals surface area (Å²) >= 11 is 0. The Morgan fingerprint density at radius 3 is 2.39 bits per heavy atom. The zero-order valence-corrected chi connectivity index (χ0v) is 24.1. The van der Waals surface area contributed by atoms with Crippen molar-refractivity contribution in [3.8, 4) is 0 Å². The van der Waals surface area contributed by atoms with E-state index in [0.717, 1.165) is 53.9 Å². The van der Waals surface area contributed by atoms with E-state index in [1.165, 1.54) is 30.4 Å². The Balaban J connectivity index is 2.51. The lowest BCUT2D eigenvalue weighted by molar-refractivity contribution is 0.117. The summed E-state index contributed by atoms with van der Waals surface area (Å²) in [6.45, 7) is 26.3. The third kappa shape index (κ3) is 8.21. The van der Waals surface area contributed by atoms with Crippen molar-refractivity contribution in [1.82, 2.24) is 9.80 Å². The van der Waals surface area contributed by atoms with E-state index in [4.69, 9.17) is 10.7 Å². The van der Waals surface area contributed by atoms with Gasteiger partial charge >= 0.3 is 0 Å². The Bertz CT molecular complexity index is 936. The molecule has 0 spiro atoms. The predicted octanol–water partition coefficient (Wildman–Crippen LogP) is 6.71. The van der Waals surface area contributed by atoms with Gasteiger partial charge in [-0.15, -0.1) is 0 Å². The molecule has 0 amide bonds. The van der Waals surface area contributed by atoms with Crippen molar-refractivity contribution in [1.29, 1.82) is 0 Å². The van der Waals surface area contributed by atoms with Crippen LogP contribution in [0, 0.1) is 0 Å². The summed E-state index contributed by atoms with van der Waals surface area (Å²) < 4.78 is 0. The molecule has 2 saturated heterocycles. The molecule has 0 aromatic rings. The molecule has 2 unspecified atom stereocenters.